The van der Waals surface area contributed by atoms with Gasteiger partial charge < -0.3 is 20.1 Å². The molecule has 4 N–H and O–H groups in total. The molecule has 4 rings (SSSR count). The molecule has 0 spiro atoms. The van der Waals surface area contributed by atoms with E-state index >= 15 is 0 Å². The fourth-order valence-corrected chi connectivity index (χ4v) is 6.71. The van der Waals surface area contributed by atoms with Gasteiger partial charge in [-0.25, -0.2) is 4.57 Å². The zero-order valence-electron chi connectivity index (χ0n) is 17.5. The van der Waals surface area contributed by atoms with E-state index in [-0.39, 0.29) is 12.5 Å². The van der Waals surface area contributed by atoms with Crippen LogP contribution in [0.1, 0.15) is 48.3 Å². The summed E-state index contributed by atoms with van der Waals surface area (Å²) in [6.07, 6.45) is 5.21. The van der Waals surface area contributed by atoms with E-state index in [0.29, 0.717) is 24.5 Å². The standard InChI is InChI=1S/C23H30NO5PS/c24-23(16-29-30(25,26)27)11-10-21(14-23)20-9-8-18-12-17(6-7-19(18)13-20)15-31(28)22-4-2-1-3-5-22/h1-5,8-9,13,17,21H,6-7,10-12,14-16,24H2,(H2,25,26,27)/t17-,21-,23+,31?/m0/s1. The van der Waals surface area contributed by atoms with Crippen molar-refractivity contribution in [3.8, 4) is 0 Å². The highest BCUT2D eigenvalue weighted by molar-refractivity contribution is 7.91. The smallest absolute Gasteiger partial charge is 0.469 e. The van der Waals surface area contributed by atoms with E-state index in [1.807, 2.05) is 30.3 Å². The summed E-state index contributed by atoms with van der Waals surface area (Å²) in [7, 11) is -4.51. The van der Waals surface area contributed by atoms with Crippen LogP contribution in [-0.2, 0) is 33.1 Å². The van der Waals surface area contributed by atoms with Gasteiger partial charge in [-0.15, -0.1) is 0 Å². The number of benzene rings is 2. The quantitative estimate of drug-likeness (QED) is 0.426. The van der Waals surface area contributed by atoms with Crippen molar-refractivity contribution in [3.05, 3.63) is 65.2 Å². The maximum absolute atomic E-state index is 12.7. The van der Waals surface area contributed by atoms with Crippen molar-refractivity contribution < 1.29 is 23.4 Å². The monoisotopic (exact) mass is 463 g/mol. The molecule has 1 fully saturated rings. The molecule has 0 aliphatic heterocycles. The lowest BCUT2D eigenvalue weighted by molar-refractivity contribution is 0.153. The van der Waals surface area contributed by atoms with E-state index in [2.05, 4.69) is 22.7 Å². The average molecular weight is 464 g/mol. The van der Waals surface area contributed by atoms with Gasteiger partial charge in [0.2, 0.25) is 0 Å². The van der Waals surface area contributed by atoms with E-state index < -0.39 is 24.5 Å². The normalized spacial score (nSPS) is 27.1. The van der Waals surface area contributed by atoms with Crippen molar-refractivity contribution >= 4 is 19.0 Å². The Morgan fingerprint density at radius 3 is 2.68 bits per heavy atom. The fourth-order valence-electron chi connectivity index (χ4n) is 4.91. The summed E-state index contributed by atoms with van der Waals surface area (Å²) in [5.74, 6) is 1.40. The molecule has 0 aromatic heterocycles. The number of aryl methyl sites for hydroxylation is 1. The van der Waals surface area contributed by atoms with Crippen molar-refractivity contribution in [2.75, 3.05) is 12.4 Å². The van der Waals surface area contributed by atoms with Gasteiger partial charge in [0.05, 0.1) is 6.61 Å². The molecule has 0 saturated heterocycles. The second kappa shape index (κ2) is 9.36. The molecular formula is C23H30NO5PS. The lowest BCUT2D eigenvalue weighted by atomic mass is 9.82. The topological polar surface area (TPSA) is 116 Å². The van der Waals surface area contributed by atoms with Gasteiger partial charge in [-0.3, -0.25) is 4.52 Å². The SMILES string of the molecule is N[C@]1(COP(=O)(O)O)CC[C@H](c2ccc3c(c2)CC[C@H](C[S+]([O-])c2ccccc2)C3)C1. The molecule has 2 aliphatic rings. The highest BCUT2D eigenvalue weighted by atomic mass is 32.2. The van der Waals surface area contributed by atoms with Crippen molar-refractivity contribution in [2.24, 2.45) is 11.7 Å². The maximum Gasteiger partial charge on any atom is 0.469 e. The number of hydrogen-bond acceptors (Lipinski definition) is 4. The van der Waals surface area contributed by atoms with E-state index in [0.717, 1.165) is 30.6 Å². The number of rotatable bonds is 7. The summed E-state index contributed by atoms with van der Waals surface area (Å²) in [4.78, 5) is 18.8. The third-order valence-electron chi connectivity index (χ3n) is 6.59. The summed E-state index contributed by atoms with van der Waals surface area (Å²) in [6, 6.07) is 16.3. The molecular weight excluding hydrogens is 433 g/mol. The van der Waals surface area contributed by atoms with Gasteiger partial charge in [-0.1, -0.05) is 36.4 Å². The largest absolute Gasteiger partial charge is 0.611 e. The van der Waals surface area contributed by atoms with E-state index in [4.69, 9.17) is 15.5 Å². The Hall–Kier alpha value is -1.18. The molecule has 2 aromatic carbocycles. The van der Waals surface area contributed by atoms with Crippen LogP contribution in [0.4, 0.5) is 0 Å². The van der Waals surface area contributed by atoms with Crippen LogP contribution in [-0.4, -0.2) is 32.2 Å². The number of nitrogens with two attached hydrogens (primary N) is 1. The second-order valence-corrected chi connectivity index (χ2v) is 11.8. The molecule has 4 atom stereocenters. The predicted octanol–water partition coefficient (Wildman–Crippen LogP) is 3.67. The second-order valence-electron chi connectivity index (χ2n) is 9.03. The highest BCUT2D eigenvalue weighted by Gasteiger charge is 2.38. The maximum atomic E-state index is 12.7. The molecule has 1 saturated carbocycles. The molecule has 168 valence electrons. The minimum atomic E-state index is -4.51. The number of hydrogen-bond donors (Lipinski definition) is 3. The Kier molecular flexibility index (Phi) is 6.94. The van der Waals surface area contributed by atoms with Gasteiger partial charge in [-0.05, 0) is 84.4 Å². The van der Waals surface area contributed by atoms with E-state index in [9.17, 15) is 9.12 Å². The summed E-state index contributed by atoms with van der Waals surface area (Å²) in [5.41, 5.74) is 9.59. The molecule has 1 unspecified atom stereocenters. The van der Waals surface area contributed by atoms with Crippen LogP contribution in [0.3, 0.4) is 0 Å². The van der Waals surface area contributed by atoms with Gasteiger partial charge in [-0.2, -0.15) is 0 Å². The van der Waals surface area contributed by atoms with Gasteiger partial charge in [0, 0.05) is 11.5 Å². The van der Waals surface area contributed by atoms with Crippen molar-refractivity contribution in [1.29, 1.82) is 0 Å². The molecule has 6 nitrogen and oxygen atoms in total. The van der Waals surface area contributed by atoms with Gasteiger partial charge >= 0.3 is 7.82 Å². The first-order valence-electron chi connectivity index (χ1n) is 10.7. The molecule has 0 heterocycles. The van der Waals surface area contributed by atoms with Crippen molar-refractivity contribution in [3.63, 3.8) is 0 Å². The fraction of sp³-hybridized carbons (Fsp3) is 0.478. The highest BCUT2D eigenvalue weighted by Crippen LogP contribution is 2.44. The molecule has 0 bridgehead atoms. The van der Waals surface area contributed by atoms with Crippen LogP contribution in [0.2, 0.25) is 0 Å². The summed E-state index contributed by atoms with van der Waals surface area (Å²) in [6.45, 7) is -0.126. The summed E-state index contributed by atoms with van der Waals surface area (Å²) >= 11 is -0.963. The van der Waals surface area contributed by atoms with Crippen molar-refractivity contribution in [2.45, 2.75) is 54.9 Å². The molecule has 0 amide bonds. The van der Waals surface area contributed by atoms with E-state index in [1.165, 1.54) is 16.7 Å². The van der Waals surface area contributed by atoms with Crippen LogP contribution in [0, 0.1) is 5.92 Å². The molecule has 8 heteroatoms. The number of fused-ring (bicyclic) bond motifs is 1. The number of phosphoric acid groups is 1. The van der Waals surface area contributed by atoms with Gasteiger partial charge in [0.25, 0.3) is 0 Å². The Morgan fingerprint density at radius 2 is 1.94 bits per heavy atom. The first kappa shape index (κ1) is 23.0. The zero-order valence-corrected chi connectivity index (χ0v) is 19.2. The summed E-state index contributed by atoms with van der Waals surface area (Å²) < 4.78 is 28.4. The Balaban J connectivity index is 1.37. The van der Waals surface area contributed by atoms with Crippen LogP contribution in [0.5, 0.6) is 0 Å². The third-order valence-corrected chi connectivity index (χ3v) is 8.63. The average Bonchev–Trinajstić information content (AvgIpc) is 3.15. The van der Waals surface area contributed by atoms with Crippen LogP contribution >= 0.6 is 7.82 Å². The lowest BCUT2D eigenvalue weighted by Crippen LogP contribution is -2.41. The summed E-state index contributed by atoms with van der Waals surface area (Å²) in [5, 5.41) is 0. The molecule has 2 aliphatic carbocycles. The Labute approximate surface area is 186 Å². The predicted molar refractivity (Wildman–Crippen MR) is 121 cm³/mol. The molecule has 0 radical (unpaired) electrons. The van der Waals surface area contributed by atoms with Crippen LogP contribution in [0.25, 0.3) is 0 Å². The van der Waals surface area contributed by atoms with E-state index in [1.54, 1.807) is 0 Å². The van der Waals surface area contributed by atoms with Crippen LogP contribution in [0.15, 0.2) is 53.4 Å². The first-order chi connectivity index (χ1) is 14.7. The van der Waals surface area contributed by atoms with Crippen molar-refractivity contribution in [1.82, 2.24) is 0 Å². The van der Waals surface area contributed by atoms with Crippen LogP contribution < -0.4 is 5.73 Å². The molecule has 2 aromatic rings. The Bertz CT molecular complexity index is 952. The lowest BCUT2D eigenvalue weighted by Gasteiger charge is -2.27. The molecule has 31 heavy (non-hydrogen) atoms. The third kappa shape index (κ3) is 5.99. The first-order valence-corrected chi connectivity index (χ1v) is 13.6. The zero-order chi connectivity index (χ0) is 22.1. The Morgan fingerprint density at radius 1 is 1.16 bits per heavy atom. The minimum absolute atomic E-state index is 0.126. The van der Waals surface area contributed by atoms with Gasteiger partial charge in [0.1, 0.15) is 5.75 Å². The van der Waals surface area contributed by atoms with Gasteiger partial charge in [0.15, 0.2) is 4.90 Å². The number of phosphoric ester groups is 1. The minimum Gasteiger partial charge on any atom is -0.611 e.